The number of nitrogens with zero attached hydrogens (tertiary/aromatic N) is 1. The molecule has 1 aromatic carbocycles. The Balaban J connectivity index is 2.24. The lowest BCUT2D eigenvalue weighted by atomic mass is 9.94. The van der Waals surface area contributed by atoms with Crippen molar-refractivity contribution in [3.63, 3.8) is 0 Å². The Morgan fingerprint density at radius 3 is 2.45 bits per heavy atom. The number of hydrogen-bond acceptors (Lipinski definition) is 2. The molecule has 0 aliphatic heterocycles. The Hall–Kier alpha value is -0.380. The van der Waals surface area contributed by atoms with Gasteiger partial charge < -0.3 is 10.6 Å². The van der Waals surface area contributed by atoms with Gasteiger partial charge in [0.25, 0.3) is 0 Å². The van der Waals surface area contributed by atoms with Crippen molar-refractivity contribution in [1.29, 1.82) is 0 Å². The van der Waals surface area contributed by atoms with Crippen molar-refractivity contribution in [3.05, 3.63) is 34.3 Å². The second-order valence-corrected chi connectivity index (χ2v) is 6.65. The molecule has 0 spiro atoms. The van der Waals surface area contributed by atoms with Crippen LogP contribution in [0.5, 0.6) is 0 Å². The van der Waals surface area contributed by atoms with Crippen molar-refractivity contribution < 1.29 is 0 Å². The van der Waals surface area contributed by atoms with Crippen LogP contribution in [-0.2, 0) is 6.54 Å². The second kappa shape index (κ2) is 10.4. The lowest BCUT2D eigenvalue weighted by Gasteiger charge is -2.19. The van der Waals surface area contributed by atoms with E-state index in [9.17, 15) is 0 Å². The molecule has 0 radical (unpaired) electrons. The summed E-state index contributed by atoms with van der Waals surface area (Å²) in [5.41, 5.74) is 7.07. The summed E-state index contributed by atoms with van der Waals surface area (Å²) in [6, 6.07) is 8.60. The quantitative estimate of drug-likeness (QED) is 0.682. The zero-order valence-electron chi connectivity index (χ0n) is 12.9. The number of halogens is 1. The van der Waals surface area contributed by atoms with Crippen molar-refractivity contribution in [2.45, 2.75) is 45.6 Å². The third-order valence-electron chi connectivity index (χ3n) is 3.79. The topological polar surface area (TPSA) is 29.3 Å². The third kappa shape index (κ3) is 7.41. The van der Waals surface area contributed by atoms with E-state index in [1.54, 1.807) is 0 Å². The summed E-state index contributed by atoms with van der Waals surface area (Å²) in [5.74, 6) is 0.825. The first kappa shape index (κ1) is 17.7. The van der Waals surface area contributed by atoms with Gasteiger partial charge in [0.15, 0.2) is 0 Å². The molecule has 0 aromatic heterocycles. The smallest absolute Gasteiger partial charge is 0.0230 e. The molecule has 0 heterocycles. The van der Waals surface area contributed by atoms with E-state index >= 15 is 0 Å². The molecule has 0 fully saturated rings. The SMILES string of the molecule is CCCC(CCN)CCCN(C)Cc1ccc(Br)cc1. The Kier molecular flexibility index (Phi) is 9.16. The van der Waals surface area contributed by atoms with Crippen molar-refractivity contribution in [2.24, 2.45) is 11.7 Å². The molecular weight excluding hydrogens is 312 g/mol. The molecule has 0 aliphatic rings. The van der Waals surface area contributed by atoms with Gasteiger partial charge in [-0.3, -0.25) is 0 Å². The lowest BCUT2D eigenvalue weighted by Crippen LogP contribution is -2.20. The molecule has 0 aliphatic carbocycles. The summed E-state index contributed by atoms with van der Waals surface area (Å²) in [6.45, 7) is 5.30. The number of hydrogen-bond donors (Lipinski definition) is 1. The van der Waals surface area contributed by atoms with Crippen LogP contribution in [0.2, 0.25) is 0 Å². The van der Waals surface area contributed by atoms with Gasteiger partial charge in [0.1, 0.15) is 0 Å². The van der Waals surface area contributed by atoms with Crippen LogP contribution >= 0.6 is 15.9 Å². The van der Waals surface area contributed by atoms with Gasteiger partial charge in [-0.05, 0) is 63.0 Å². The Bertz CT molecular complexity index is 345. The highest BCUT2D eigenvalue weighted by Gasteiger charge is 2.07. The highest BCUT2D eigenvalue weighted by Crippen LogP contribution is 2.17. The van der Waals surface area contributed by atoms with Gasteiger partial charge in [-0.1, -0.05) is 47.8 Å². The maximum Gasteiger partial charge on any atom is 0.0230 e. The molecule has 1 unspecified atom stereocenters. The summed E-state index contributed by atoms with van der Waals surface area (Å²) in [7, 11) is 2.21. The molecule has 2 N–H and O–H groups in total. The minimum Gasteiger partial charge on any atom is -0.330 e. The van der Waals surface area contributed by atoms with E-state index in [1.165, 1.54) is 44.2 Å². The van der Waals surface area contributed by atoms with Crippen molar-refractivity contribution in [1.82, 2.24) is 4.90 Å². The molecule has 0 bridgehead atoms. The van der Waals surface area contributed by atoms with Crippen LogP contribution in [0.4, 0.5) is 0 Å². The molecule has 0 saturated heterocycles. The van der Waals surface area contributed by atoms with Crippen LogP contribution in [-0.4, -0.2) is 25.0 Å². The van der Waals surface area contributed by atoms with Crippen LogP contribution in [0.15, 0.2) is 28.7 Å². The minimum atomic E-state index is 0.825. The summed E-state index contributed by atoms with van der Waals surface area (Å²) < 4.78 is 1.15. The van der Waals surface area contributed by atoms with Gasteiger partial charge in [0, 0.05) is 11.0 Å². The maximum absolute atomic E-state index is 5.69. The van der Waals surface area contributed by atoms with Gasteiger partial charge in [0.05, 0.1) is 0 Å². The van der Waals surface area contributed by atoms with Gasteiger partial charge >= 0.3 is 0 Å². The fraction of sp³-hybridized carbons (Fsp3) is 0.647. The van der Waals surface area contributed by atoms with Gasteiger partial charge in [-0.2, -0.15) is 0 Å². The predicted octanol–water partition coefficient (Wildman–Crippen LogP) is 4.43. The number of benzene rings is 1. The Morgan fingerprint density at radius 2 is 1.85 bits per heavy atom. The molecule has 2 nitrogen and oxygen atoms in total. The molecular formula is C17H29BrN2. The lowest BCUT2D eigenvalue weighted by molar-refractivity contribution is 0.298. The Morgan fingerprint density at radius 1 is 1.15 bits per heavy atom. The summed E-state index contributed by atoms with van der Waals surface area (Å²) >= 11 is 3.48. The van der Waals surface area contributed by atoms with Crippen LogP contribution in [0.25, 0.3) is 0 Å². The van der Waals surface area contributed by atoms with E-state index in [2.05, 4.69) is 59.1 Å². The normalized spacial score (nSPS) is 12.8. The van der Waals surface area contributed by atoms with Gasteiger partial charge in [-0.25, -0.2) is 0 Å². The van der Waals surface area contributed by atoms with E-state index in [4.69, 9.17) is 5.73 Å². The van der Waals surface area contributed by atoms with Crippen LogP contribution in [0.1, 0.15) is 44.6 Å². The fourth-order valence-electron chi connectivity index (χ4n) is 2.71. The maximum atomic E-state index is 5.69. The average Bonchev–Trinajstić information content (AvgIpc) is 2.42. The zero-order valence-corrected chi connectivity index (χ0v) is 14.5. The van der Waals surface area contributed by atoms with E-state index in [0.29, 0.717) is 0 Å². The predicted molar refractivity (Wildman–Crippen MR) is 91.8 cm³/mol. The van der Waals surface area contributed by atoms with Crippen LogP contribution < -0.4 is 5.73 Å². The summed E-state index contributed by atoms with van der Waals surface area (Å²) in [4.78, 5) is 2.41. The molecule has 0 amide bonds. The molecule has 0 saturated carbocycles. The van der Waals surface area contributed by atoms with E-state index in [-0.39, 0.29) is 0 Å². The molecule has 114 valence electrons. The van der Waals surface area contributed by atoms with Crippen LogP contribution in [0, 0.1) is 5.92 Å². The van der Waals surface area contributed by atoms with E-state index < -0.39 is 0 Å². The van der Waals surface area contributed by atoms with Crippen molar-refractivity contribution >= 4 is 15.9 Å². The largest absolute Gasteiger partial charge is 0.330 e. The fourth-order valence-corrected chi connectivity index (χ4v) is 2.97. The monoisotopic (exact) mass is 340 g/mol. The highest BCUT2D eigenvalue weighted by molar-refractivity contribution is 9.10. The first-order valence-corrected chi connectivity index (χ1v) is 8.58. The minimum absolute atomic E-state index is 0.825. The van der Waals surface area contributed by atoms with Crippen molar-refractivity contribution in [3.8, 4) is 0 Å². The second-order valence-electron chi connectivity index (χ2n) is 5.74. The summed E-state index contributed by atoms with van der Waals surface area (Å²) in [6.07, 6.45) is 6.38. The van der Waals surface area contributed by atoms with Gasteiger partial charge in [0.2, 0.25) is 0 Å². The zero-order chi connectivity index (χ0) is 14.8. The first-order chi connectivity index (χ1) is 9.65. The summed E-state index contributed by atoms with van der Waals surface area (Å²) in [5, 5.41) is 0. The van der Waals surface area contributed by atoms with E-state index in [0.717, 1.165) is 23.5 Å². The standard InChI is InChI=1S/C17H29BrN2/c1-3-5-15(11-12-19)6-4-13-20(2)14-16-7-9-17(18)10-8-16/h7-10,15H,3-6,11-14,19H2,1-2H3. The Labute approximate surface area is 132 Å². The average molecular weight is 341 g/mol. The number of rotatable bonds is 10. The molecule has 20 heavy (non-hydrogen) atoms. The molecule has 1 rings (SSSR count). The van der Waals surface area contributed by atoms with Crippen LogP contribution in [0.3, 0.4) is 0 Å². The molecule has 1 atom stereocenters. The van der Waals surface area contributed by atoms with Crippen molar-refractivity contribution in [2.75, 3.05) is 20.1 Å². The number of nitrogens with two attached hydrogens (primary N) is 1. The molecule has 3 heteroatoms. The van der Waals surface area contributed by atoms with Gasteiger partial charge in [-0.15, -0.1) is 0 Å². The first-order valence-electron chi connectivity index (χ1n) is 7.78. The third-order valence-corrected chi connectivity index (χ3v) is 4.32. The van der Waals surface area contributed by atoms with E-state index in [1.807, 2.05) is 0 Å². The highest BCUT2D eigenvalue weighted by atomic mass is 79.9. The molecule has 1 aromatic rings.